The third-order valence-electron chi connectivity index (χ3n) is 3.50. The van der Waals surface area contributed by atoms with Crippen molar-refractivity contribution in [1.29, 1.82) is 0 Å². The van der Waals surface area contributed by atoms with Crippen LogP contribution in [0.5, 0.6) is 17.2 Å². The van der Waals surface area contributed by atoms with E-state index in [1.807, 2.05) is 0 Å². The van der Waals surface area contributed by atoms with Crippen molar-refractivity contribution in [3.05, 3.63) is 48.0 Å². The number of carbonyl (C=O) groups is 1. The number of amides is 1. The highest BCUT2D eigenvalue weighted by Crippen LogP contribution is 2.32. The molecule has 0 saturated carbocycles. The van der Waals surface area contributed by atoms with Crippen LogP contribution in [0.15, 0.2) is 42.5 Å². The van der Waals surface area contributed by atoms with Crippen LogP contribution in [-0.2, 0) is 0 Å². The van der Waals surface area contributed by atoms with Crippen molar-refractivity contribution in [3.63, 3.8) is 0 Å². The Labute approximate surface area is 141 Å². The van der Waals surface area contributed by atoms with Gasteiger partial charge in [-0.1, -0.05) is 13.8 Å². The summed E-state index contributed by atoms with van der Waals surface area (Å²) in [7, 11) is 0. The van der Waals surface area contributed by atoms with E-state index in [9.17, 15) is 4.79 Å². The molecule has 0 unspecified atom stereocenters. The minimum Gasteiger partial charge on any atom is -0.493 e. The van der Waals surface area contributed by atoms with Crippen molar-refractivity contribution in [2.75, 3.05) is 25.1 Å². The molecule has 0 aliphatic carbocycles. The topological polar surface area (TPSA) is 56.8 Å². The zero-order valence-corrected chi connectivity index (χ0v) is 13.9. The van der Waals surface area contributed by atoms with Gasteiger partial charge in [0.2, 0.25) is 0 Å². The minimum absolute atomic E-state index is 0.179. The largest absolute Gasteiger partial charge is 0.493 e. The predicted molar refractivity (Wildman–Crippen MR) is 92.2 cm³/mol. The molecule has 0 fully saturated rings. The Morgan fingerprint density at radius 1 is 1.08 bits per heavy atom. The summed E-state index contributed by atoms with van der Waals surface area (Å²) in [5.74, 6) is 2.40. The van der Waals surface area contributed by atoms with E-state index in [0.717, 1.165) is 5.75 Å². The summed E-state index contributed by atoms with van der Waals surface area (Å²) >= 11 is 0. The average molecular weight is 327 g/mol. The fourth-order valence-electron chi connectivity index (χ4n) is 2.29. The Kier molecular flexibility index (Phi) is 4.89. The summed E-state index contributed by atoms with van der Waals surface area (Å²) in [5.41, 5.74) is 1.24. The van der Waals surface area contributed by atoms with Gasteiger partial charge in [-0.05, 0) is 42.3 Å². The highest BCUT2D eigenvalue weighted by molar-refractivity contribution is 6.04. The van der Waals surface area contributed by atoms with Gasteiger partial charge in [-0.15, -0.1) is 0 Å². The molecular formula is C19H21NO4. The molecule has 1 aliphatic rings. The van der Waals surface area contributed by atoms with Crippen LogP contribution in [0.2, 0.25) is 0 Å². The average Bonchev–Trinajstić information content (AvgIpc) is 2.60. The van der Waals surface area contributed by atoms with Gasteiger partial charge in [-0.3, -0.25) is 4.79 Å². The summed E-state index contributed by atoms with van der Waals surface area (Å²) in [5, 5.41) is 2.86. The second-order valence-corrected chi connectivity index (χ2v) is 6.04. The van der Waals surface area contributed by atoms with Gasteiger partial charge in [0.25, 0.3) is 5.91 Å². The van der Waals surface area contributed by atoms with E-state index >= 15 is 0 Å². The lowest BCUT2D eigenvalue weighted by Gasteiger charge is -2.19. The Hall–Kier alpha value is -2.69. The summed E-state index contributed by atoms with van der Waals surface area (Å²) < 4.78 is 16.6. The molecule has 1 amide bonds. The third-order valence-corrected chi connectivity index (χ3v) is 3.50. The maximum absolute atomic E-state index is 12.3. The van der Waals surface area contributed by atoms with Crippen LogP contribution in [-0.4, -0.2) is 25.7 Å². The Balaban J connectivity index is 1.64. The van der Waals surface area contributed by atoms with E-state index in [0.29, 0.717) is 48.5 Å². The number of hydrogen-bond donors (Lipinski definition) is 1. The van der Waals surface area contributed by atoms with E-state index < -0.39 is 0 Å². The zero-order chi connectivity index (χ0) is 16.9. The fraction of sp³-hybridized carbons (Fsp3) is 0.316. The molecule has 3 rings (SSSR count). The number of hydrogen-bond acceptors (Lipinski definition) is 4. The smallest absolute Gasteiger partial charge is 0.255 e. The molecule has 0 atom stereocenters. The lowest BCUT2D eigenvalue weighted by Crippen LogP contribution is -2.16. The Morgan fingerprint density at radius 3 is 2.50 bits per heavy atom. The molecule has 0 radical (unpaired) electrons. The molecule has 0 spiro atoms. The first-order chi connectivity index (χ1) is 11.6. The van der Waals surface area contributed by atoms with Crippen molar-refractivity contribution in [2.24, 2.45) is 5.92 Å². The molecule has 5 heteroatoms. The molecule has 1 aliphatic heterocycles. The molecule has 0 saturated heterocycles. The van der Waals surface area contributed by atoms with E-state index in [2.05, 4.69) is 19.2 Å². The number of benzene rings is 2. The second kappa shape index (κ2) is 7.25. The lowest BCUT2D eigenvalue weighted by molar-refractivity contribution is 0.102. The van der Waals surface area contributed by atoms with Crippen molar-refractivity contribution >= 4 is 11.6 Å². The summed E-state index contributed by atoms with van der Waals surface area (Å²) in [6.07, 6.45) is 0. The third kappa shape index (κ3) is 3.98. The number of nitrogens with one attached hydrogen (secondary N) is 1. The normalized spacial score (nSPS) is 12.8. The number of fused-ring (bicyclic) bond motifs is 1. The quantitative estimate of drug-likeness (QED) is 0.909. The van der Waals surface area contributed by atoms with Crippen LogP contribution in [0.3, 0.4) is 0 Å². The SMILES string of the molecule is CC(C)COc1ccc(C(=O)Nc2ccc3c(c2)OCCO3)cc1. The molecule has 0 aromatic heterocycles. The summed E-state index contributed by atoms with van der Waals surface area (Å²) in [6.45, 7) is 5.90. The van der Waals surface area contributed by atoms with Gasteiger partial charge in [-0.2, -0.15) is 0 Å². The van der Waals surface area contributed by atoms with E-state index in [4.69, 9.17) is 14.2 Å². The standard InChI is InChI=1S/C19H21NO4/c1-13(2)12-24-16-6-3-14(4-7-16)19(21)20-15-5-8-17-18(11-15)23-10-9-22-17/h3-8,11,13H,9-10,12H2,1-2H3,(H,20,21). The van der Waals surface area contributed by atoms with E-state index in [-0.39, 0.29) is 5.91 Å². The maximum Gasteiger partial charge on any atom is 0.255 e. The van der Waals surface area contributed by atoms with Crippen LogP contribution in [0, 0.1) is 5.92 Å². The van der Waals surface area contributed by atoms with Crippen LogP contribution < -0.4 is 19.5 Å². The summed E-state index contributed by atoms with van der Waals surface area (Å²) in [4.78, 5) is 12.3. The van der Waals surface area contributed by atoms with Crippen molar-refractivity contribution < 1.29 is 19.0 Å². The second-order valence-electron chi connectivity index (χ2n) is 6.04. The summed E-state index contributed by atoms with van der Waals surface area (Å²) in [6, 6.07) is 12.5. The molecular weight excluding hydrogens is 306 g/mol. The van der Waals surface area contributed by atoms with Crippen molar-refractivity contribution in [1.82, 2.24) is 0 Å². The lowest BCUT2D eigenvalue weighted by atomic mass is 10.2. The monoisotopic (exact) mass is 327 g/mol. The van der Waals surface area contributed by atoms with Crippen LogP contribution in [0.1, 0.15) is 24.2 Å². The molecule has 5 nitrogen and oxygen atoms in total. The van der Waals surface area contributed by atoms with Crippen LogP contribution in [0.25, 0.3) is 0 Å². The van der Waals surface area contributed by atoms with Gasteiger partial charge in [-0.25, -0.2) is 0 Å². The number of rotatable bonds is 5. The molecule has 2 aromatic rings. The number of carbonyl (C=O) groups excluding carboxylic acids is 1. The number of anilines is 1. The Bertz CT molecular complexity index is 710. The van der Waals surface area contributed by atoms with Crippen LogP contribution in [0.4, 0.5) is 5.69 Å². The van der Waals surface area contributed by atoms with Gasteiger partial charge in [0.1, 0.15) is 19.0 Å². The van der Waals surface area contributed by atoms with Gasteiger partial charge in [0.05, 0.1) is 6.61 Å². The molecule has 2 aromatic carbocycles. The van der Waals surface area contributed by atoms with Gasteiger partial charge in [0.15, 0.2) is 11.5 Å². The van der Waals surface area contributed by atoms with Crippen molar-refractivity contribution in [3.8, 4) is 17.2 Å². The molecule has 126 valence electrons. The maximum atomic E-state index is 12.3. The first-order valence-corrected chi connectivity index (χ1v) is 8.05. The predicted octanol–water partition coefficient (Wildman–Crippen LogP) is 3.74. The highest BCUT2D eigenvalue weighted by atomic mass is 16.6. The first-order valence-electron chi connectivity index (χ1n) is 8.05. The van der Waals surface area contributed by atoms with Gasteiger partial charge >= 0.3 is 0 Å². The van der Waals surface area contributed by atoms with Gasteiger partial charge in [0, 0.05) is 17.3 Å². The molecule has 1 heterocycles. The fourth-order valence-corrected chi connectivity index (χ4v) is 2.29. The van der Waals surface area contributed by atoms with E-state index in [1.54, 1.807) is 42.5 Å². The van der Waals surface area contributed by atoms with Gasteiger partial charge < -0.3 is 19.5 Å². The van der Waals surface area contributed by atoms with Crippen LogP contribution >= 0.6 is 0 Å². The number of ether oxygens (including phenoxy) is 3. The first kappa shape index (κ1) is 16.2. The van der Waals surface area contributed by atoms with E-state index in [1.165, 1.54) is 0 Å². The molecule has 0 bridgehead atoms. The highest BCUT2D eigenvalue weighted by Gasteiger charge is 2.13. The minimum atomic E-state index is -0.179. The zero-order valence-electron chi connectivity index (χ0n) is 13.9. The molecule has 24 heavy (non-hydrogen) atoms. The van der Waals surface area contributed by atoms with Crippen molar-refractivity contribution in [2.45, 2.75) is 13.8 Å². The molecule has 1 N–H and O–H groups in total. The Morgan fingerprint density at radius 2 is 1.79 bits per heavy atom.